The van der Waals surface area contributed by atoms with Crippen LogP contribution in [0.5, 0.6) is 0 Å². The van der Waals surface area contributed by atoms with Gasteiger partial charge in [0, 0.05) is 27.2 Å². The van der Waals surface area contributed by atoms with E-state index in [2.05, 4.69) is 27.0 Å². The molecule has 0 atom stereocenters. The van der Waals surface area contributed by atoms with E-state index in [0.717, 1.165) is 35.5 Å². The molecule has 0 radical (unpaired) electrons. The second-order valence-corrected chi connectivity index (χ2v) is 5.19. The van der Waals surface area contributed by atoms with Crippen molar-refractivity contribution in [3.05, 3.63) is 12.0 Å². The lowest BCUT2D eigenvalue weighted by atomic mass is 9.88. The van der Waals surface area contributed by atoms with Crippen molar-refractivity contribution < 1.29 is 4.74 Å². The van der Waals surface area contributed by atoms with Crippen LogP contribution in [0.15, 0.2) is 6.20 Å². The van der Waals surface area contributed by atoms with Gasteiger partial charge in [-0.15, -0.1) is 0 Å². The minimum atomic E-state index is 0.389. The van der Waals surface area contributed by atoms with Crippen LogP contribution in [0.2, 0.25) is 0 Å². The number of rotatable bonds is 3. The van der Waals surface area contributed by atoms with E-state index in [-0.39, 0.29) is 0 Å². The highest BCUT2D eigenvalue weighted by Crippen LogP contribution is 2.32. The third kappa shape index (κ3) is 1.96. The van der Waals surface area contributed by atoms with Crippen LogP contribution in [0, 0.1) is 6.92 Å². The highest BCUT2D eigenvalue weighted by molar-refractivity contribution is 5.87. The van der Waals surface area contributed by atoms with Gasteiger partial charge in [-0.25, -0.2) is 9.97 Å². The minimum Gasteiger partial charge on any atom is -0.381 e. The van der Waals surface area contributed by atoms with E-state index in [1.807, 2.05) is 20.2 Å². The Morgan fingerprint density at radius 3 is 2.79 bits per heavy atom. The number of nitrogens with zero attached hydrogens (tertiary/aromatic N) is 5. The van der Waals surface area contributed by atoms with Gasteiger partial charge in [0.1, 0.15) is 11.6 Å². The highest BCUT2D eigenvalue weighted by Gasteiger charge is 2.33. The summed E-state index contributed by atoms with van der Waals surface area (Å²) in [6, 6.07) is 0.489. The Morgan fingerprint density at radius 2 is 2.11 bits per heavy atom. The maximum atomic E-state index is 5.34. The van der Waals surface area contributed by atoms with Gasteiger partial charge in [0.15, 0.2) is 5.65 Å². The van der Waals surface area contributed by atoms with Gasteiger partial charge < -0.3 is 9.64 Å². The summed E-state index contributed by atoms with van der Waals surface area (Å²) in [6.07, 6.45) is 4.34. The smallest absolute Gasteiger partial charge is 0.163 e. The zero-order chi connectivity index (χ0) is 13.6. The van der Waals surface area contributed by atoms with Gasteiger partial charge in [-0.3, -0.25) is 4.68 Å². The molecule has 6 nitrogen and oxygen atoms in total. The summed E-state index contributed by atoms with van der Waals surface area (Å²) in [4.78, 5) is 11.3. The van der Waals surface area contributed by atoms with Crippen LogP contribution in [0.4, 0.5) is 5.82 Å². The van der Waals surface area contributed by atoms with Crippen molar-refractivity contribution in [1.82, 2.24) is 19.7 Å². The molecule has 2 aromatic rings. The van der Waals surface area contributed by atoms with Crippen molar-refractivity contribution in [3.8, 4) is 0 Å². The van der Waals surface area contributed by atoms with Crippen LogP contribution in [-0.2, 0) is 11.8 Å². The zero-order valence-corrected chi connectivity index (χ0v) is 11.8. The predicted molar refractivity (Wildman–Crippen MR) is 73.3 cm³/mol. The number of methoxy groups -OCH3 is 1. The van der Waals surface area contributed by atoms with Gasteiger partial charge in [0.2, 0.25) is 0 Å². The normalized spacial score (nSPS) is 22.5. The first-order chi connectivity index (χ1) is 9.10. The van der Waals surface area contributed by atoms with Crippen molar-refractivity contribution in [2.24, 2.45) is 7.05 Å². The number of hydrogen-bond acceptors (Lipinski definition) is 5. The molecule has 102 valence electrons. The van der Waals surface area contributed by atoms with E-state index >= 15 is 0 Å². The fourth-order valence-electron chi connectivity index (χ4n) is 2.60. The molecule has 0 unspecified atom stereocenters. The maximum Gasteiger partial charge on any atom is 0.163 e. The van der Waals surface area contributed by atoms with Crippen molar-refractivity contribution in [1.29, 1.82) is 0 Å². The van der Waals surface area contributed by atoms with Gasteiger partial charge >= 0.3 is 0 Å². The predicted octanol–water partition coefficient (Wildman–Crippen LogP) is 1.29. The largest absolute Gasteiger partial charge is 0.381 e. The average Bonchev–Trinajstić information content (AvgIpc) is 2.69. The Kier molecular flexibility index (Phi) is 2.89. The first-order valence-corrected chi connectivity index (χ1v) is 6.52. The number of anilines is 1. The summed E-state index contributed by atoms with van der Waals surface area (Å²) in [5, 5.41) is 5.29. The van der Waals surface area contributed by atoms with Crippen LogP contribution in [0.3, 0.4) is 0 Å². The Morgan fingerprint density at radius 1 is 1.37 bits per heavy atom. The zero-order valence-electron chi connectivity index (χ0n) is 11.8. The molecule has 0 aromatic carbocycles. The molecule has 0 saturated heterocycles. The molecule has 1 fully saturated rings. The molecule has 1 aliphatic carbocycles. The lowest BCUT2D eigenvalue weighted by Gasteiger charge is -2.41. The summed E-state index contributed by atoms with van der Waals surface area (Å²) >= 11 is 0. The van der Waals surface area contributed by atoms with Gasteiger partial charge in [0.05, 0.1) is 17.7 Å². The standard InChI is InChI=1S/C13H19N5O/c1-8-15-12(11-7-14-18(3)13(11)16-8)17(2)9-5-10(6-9)19-4/h7,9-10H,5-6H2,1-4H3. The van der Waals surface area contributed by atoms with E-state index in [0.29, 0.717) is 12.1 Å². The van der Waals surface area contributed by atoms with Crippen molar-refractivity contribution in [3.63, 3.8) is 0 Å². The van der Waals surface area contributed by atoms with E-state index < -0.39 is 0 Å². The maximum absolute atomic E-state index is 5.34. The van der Waals surface area contributed by atoms with Crippen LogP contribution in [-0.4, -0.2) is 46.1 Å². The first kappa shape index (κ1) is 12.3. The van der Waals surface area contributed by atoms with Crippen LogP contribution >= 0.6 is 0 Å². The molecule has 6 heteroatoms. The minimum absolute atomic E-state index is 0.389. The number of aromatic nitrogens is 4. The lowest BCUT2D eigenvalue weighted by molar-refractivity contribution is 0.0265. The van der Waals surface area contributed by atoms with Crippen LogP contribution in [0.1, 0.15) is 18.7 Å². The van der Waals surface area contributed by atoms with Gasteiger partial charge in [-0.2, -0.15) is 5.10 Å². The van der Waals surface area contributed by atoms with Crippen LogP contribution < -0.4 is 4.90 Å². The number of hydrogen-bond donors (Lipinski definition) is 0. The van der Waals surface area contributed by atoms with E-state index in [9.17, 15) is 0 Å². The topological polar surface area (TPSA) is 56.1 Å². The molecule has 0 bridgehead atoms. The Labute approximate surface area is 112 Å². The second kappa shape index (κ2) is 4.45. The molecule has 2 heterocycles. The molecular weight excluding hydrogens is 242 g/mol. The van der Waals surface area contributed by atoms with Crippen LogP contribution in [0.25, 0.3) is 11.0 Å². The molecule has 1 saturated carbocycles. The Bertz CT molecular complexity index is 602. The molecule has 19 heavy (non-hydrogen) atoms. The van der Waals surface area contributed by atoms with E-state index in [1.54, 1.807) is 11.8 Å². The van der Waals surface area contributed by atoms with Gasteiger partial charge in [-0.05, 0) is 19.8 Å². The summed E-state index contributed by atoms with van der Waals surface area (Å²) in [7, 11) is 5.77. The average molecular weight is 261 g/mol. The number of aryl methyl sites for hydroxylation is 2. The molecule has 0 spiro atoms. The van der Waals surface area contributed by atoms with Crippen molar-refractivity contribution in [2.45, 2.75) is 31.9 Å². The van der Waals surface area contributed by atoms with Crippen molar-refractivity contribution >= 4 is 16.9 Å². The molecule has 0 amide bonds. The molecular formula is C13H19N5O. The number of ether oxygens (including phenoxy) is 1. The first-order valence-electron chi connectivity index (χ1n) is 6.52. The second-order valence-electron chi connectivity index (χ2n) is 5.19. The third-order valence-electron chi connectivity index (χ3n) is 3.97. The Hall–Kier alpha value is -1.69. The molecule has 0 aliphatic heterocycles. The summed E-state index contributed by atoms with van der Waals surface area (Å²) in [5.74, 6) is 1.75. The number of fused-ring (bicyclic) bond motifs is 1. The SMILES string of the molecule is COC1CC(N(C)c2nc(C)nc3c2cnn3C)C1. The third-order valence-corrected chi connectivity index (χ3v) is 3.97. The summed E-state index contributed by atoms with van der Waals surface area (Å²) < 4.78 is 7.13. The van der Waals surface area contributed by atoms with Crippen molar-refractivity contribution in [2.75, 3.05) is 19.1 Å². The van der Waals surface area contributed by atoms with E-state index in [1.165, 1.54) is 0 Å². The molecule has 2 aromatic heterocycles. The molecule has 1 aliphatic rings. The molecule has 0 N–H and O–H groups in total. The monoisotopic (exact) mass is 261 g/mol. The van der Waals surface area contributed by atoms with E-state index in [4.69, 9.17) is 4.74 Å². The summed E-state index contributed by atoms with van der Waals surface area (Å²) in [5.41, 5.74) is 0.886. The van der Waals surface area contributed by atoms with Gasteiger partial charge in [0.25, 0.3) is 0 Å². The Balaban J connectivity index is 1.96. The highest BCUT2D eigenvalue weighted by atomic mass is 16.5. The fraction of sp³-hybridized carbons (Fsp3) is 0.615. The fourth-order valence-corrected chi connectivity index (χ4v) is 2.60. The summed E-state index contributed by atoms with van der Waals surface area (Å²) in [6.45, 7) is 1.92. The van der Waals surface area contributed by atoms with Gasteiger partial charge in [-0.1, -0.05) is 0 Å². The molecule has 3 rings (SSSR count). The lowest BCUT2D eigenvalue weighted by Crippen LogP contribution is -2.46. The quantitative estimate of drug-likeness (QED) is 0.833.